The number of nitrogens with zero attached hydrogens (tertiary/aromatic N) is 1. The summed E-state index contributed by atoms with van der Waals surface area (Å²) in [4.78, 5) is 15.2. The Morgan fingerprint density at radius 2 is 1.62 bits per heavy atom. The fraction of sp³-hybridized carbons (Fsp3) is 0.423. The zero-order valence-electron chi connectivity index (χ0n) is 16.7. The van der Waals surface area contributed by atoms with Crippen LogP contribution in [0.4, 0.5) is 4.79 Å². The minimum atomic E-state index is -0.118. The largest absolute Gasteiger partial charge is 0.448 e. The second-order valence-electron chi connectivity index (χ2n) is 9.08. The van der Waals surface area contributed by atoms with E-state index in [-0.39, 0.29) is 18.1 Å². The predicted octanol–water partition coefficient (Wildman–Crippen LogP) is 5.90. The van der Waals surface area contributed by atoms with E-state index in [2.05, 4.69) is 59.5 Å². The molecule has 3 heteroatoms. The summed E-state index contributed by atoms with van der Waals surface area (Å²) in [5.41, 5.74) is 6.71. The van der Waals surface area contributed by atoms with Gasteiger partial charge in [-0.1, -0.05) is 60.2 Å². The molecule has 2 aliphatic carbocycles. The number of benzene rings is 2. The molecule has 1 amide bonds. The van der Waals surface area contributed by atoms with Gasteiger partial charge in [-0.3, -0.25) is 4.90 Å². The van der Waals surface area contributed by atoms with E-state index in [1.807, 2.05) is 0 Å². The maximum absolute atomic E-state index is 13.2. The van der Waals surface area contributed by atoms with Crippen molar-refractivity contribution in [3.8, 4) is 11.1 Å². The summed E-state index contributed by atoms with van der Waals surface area (Å²) in [6, 6.07) is 17.6. The Morgan fingerprint density at radius 3 is 2.28 bits per heavy atom. The first-order valence-electron chi connectivity index (χ1n) is 11.1. The van der Waals surface area contributed by atoms with E-state index in [1.165, 1.54) is 41.5 Å². The van der Waals surface area contributed by atoms with E-state index in [4.69, 9.17) is 4.74 Å². The molecule has 0 aromatic heterocycles. The van der Waals surface area contributed by atoms with Crippen molar-refractivity contribution in [3.63, 3.8) is 0 Å². The zero-order valence-corrected chi connectivity index (χ0v) is 16.7. The first-order valence-corrected chi connectivity index (χ1v) is 11.1. The lowest BCUT2D eigenvalue weighted by atomic mass is 9.84. The molecule has 2 aromatic carbocycles. The minimum absolute atomic E-state index is 0.118. The van der Waals surface area contributed by atoms with Crippen molar-refractivity contribution in [2.75, 3.05) is 6.61 Å². The fourth-order valence-corrected chi connectivity index (χ4v) is 5.77. The molecule has 0 spiro atoms. The standard InChI is InChI=1S/C26H27NO2/c28-26(27-19-6-5-7-20(27)15-18(14-19)17-12-13-17)29-16-25-23-10-3-1-8-21(23)22-9-2-4-11-24(22)25/h1-4,8-11,14,17,19-20,25H,5-7,12-13,15-16H2. The molecule has 2 fully saturated rings. The van der Waals surface area contributed by atoms with Crippen molar-refractivity contribution in [2.45, 2.75) is 56.5 Å². The minimum Gasteiger partial charge on any atom is -0.448 e. The molecule has 2 atom stereocenters. The molecule has 2 bridgehead atoms. The molecule has 1 saturated carbocycles. The highest BCUT2D eigenvalue weighted by molar-refractivity contribution is 5.79. The van der Waals surface area contributed by atoms with Crippen LogP contribution in [-0.2, 0) is 4.74 Å². The number of piperidine rings is 1. The number of carbonyl (C=O) groups is 1. The highest BCUT2D eigenvalue weighted by atomic mass is 16.6. The quantitative estimate of drug-likeness (QED) is 0.616. The molecular weight excluding hydrogens is 358 g/mol. The van der Waals surface area contributed by atoms with Crippen LogP contribution in [-0.4, -0.2) is 29.7 Å². The van der Waals surface area contributed by atoms with Crippen molar-refractivity contribution < 1.29 is 9.53 Å². The molecule has 2 aliphatic heterocycles. The number of hydrogen-bond donors (Lipinski definition) is 0. The Morgan fingerprint density at radius 1 is 0.931 bits per heavy atom. The van der Waals surface area contributed by atoms with Gasteiger partial charge < -0.3 is 4.74 Å². The average Bonchev–Trinajstić information content (AvgIpc) is 3.54. The zero-order chi connectivity index (χ0) is 19.4. The van der Waals surface area contributed by atoms with Crippen molar-refractivity contribution in [1.82, 2.24) is 4.90 Å². The highest BCUT2D eigenvalue weighted by Crippen LogP contribution is 2.46. The Labute approximate surface area is 172 Å². The lowest BCUT2D eigenvalue weighted by Crippen LogP contribution is -2.52. The van der Waals surface area contributed by atoms with Gasteiger partial charge >= 0.3 is 6.09 Å². The molecule has 29 heavy (non-hydrogen) atoms. The first-order chi connectivity index (χ1) is 14.3. The van der Waals surface area contributed by atoms with Gasteiger partial charge in [0, 0.05) is 12.0 Å². The van der Waals surface area contributed by atoms with Gasteiger partial charge in [0.25, 0.3) is 0 Å². The summed E-state index contributed by atoms with van der Waals surface area (Å²) in [5.74, 6) is 0.941. The molecule has 0 N–H and O–H groups in total. The van der Waals surface area contributed by atoms with Gasteiger partial charge in [0.15, 0.2) is 0 Å². The Balaban J connectivity index is 1.22. The van der Waals surface area contributed by atoms with Gasteiger partial charge in [-0.05, 0) is 66.7 Å². The topological polar surface area (TPSA) is 29.5 Å². The van der Waals surface area contributed by atoms with Crippen molar-refractivity contribution in [2.24, 2.45) is 5.92 Å². The van der Waals surface area contributed by atoms with Gasteiger partial charge in [-0.25, -0.2) is 4.79 Å². The third-order valence-electron chi connectivity index (χ3n) is 7.31. The van der Waals surface area contributed by atoms with E-state index < -0.39 is 0 Å². The van der Waals surface area contributed by atoms with Crippen LogP contribution in [0.2, 0.25) is 0 Å². The van der Waals surface area contributed by atoms with Crippen LogP contribution in [0.25, 0.3) is 11.1 Å². The number of ether oxygens (including phenoxy) is 1. The van der Waals surface area contributed by atoms with Crippen molar-refractivity contribution in [1.29, 1.82) is 0 Å². The molecule has 4 aliphatic rings. The first kappa shape index (κ1) is 17.3. The molecule has 3 nitrogen and oxygen atoms in total. The number of rotatable bonds is 3. The predicted molar refractivity (Wildman–Crippen MR) is 114 cm³/mol. The summed E-state index contributed by atoms with van der Waals surface area (Å²) < 4.78 is 5.98. The van der Waals surface area contributed by atoms with Crippen LogP contribution in [0.5, 0.6) is 0 Å². The third kappa shape index (κ3) is 2.90. The van der Waals surface area contributed by atoms with Crippen LogP contribution in [0.3, 0.4) is 0 Å². The molecule has 0 radical (unpaired) electrons. The third-order valence-corrected chi connectivity index (χ3v) is 7.31. The van der Waals surface area contributed by atoms with Crippen LogP contribution >= 0.6 is 0 Å². The van der Waals surface area contributed by atoms with Gasteiger partial charge in [0.05, 0.1) is 6.04 Å². The second-order valence-corrected chi connectivity index (χ2v) is 9.08. The summed E-state index contributed by atoms with van der Waals surface area (Å²) >= 11 is 0. The normalized spacial score (nSPS) is 25.2. The summed E-state index contributed by atoms with van der Waals surface area (Å²) in [6.07, 6.45) is 9.44. The van der Waals surface area contributed by atoms with Gasteiger partial charge in [-0.15, -0.1) is 0 Å². The second kappa shape index (κ2) is 6.76. The number of hydrogen-bond acceptors (Lipinski definition) is 2. The molecule has 2 heterocycles. The summed E-state index contributed by atoms with van der Waals surface area (Å²) in [6.45, 7) is 0.419. The molecular formula is C26H27NO2. The van der Waals surface area contributed by atoms with Gasteiger partial charge in [-0.2, -0.15) is 0 Å². The van der Waals surface area contributed by atoms with E-state index in [0.29, 0.717) is 12.6 Å². The maximum Gasteiger partial charge on any atom is 0.410 e. The lowest BCUT2D eigenvalue weighted by molar-refractivity contribution is 0.0505. The molecule has 2 aromatic rings. The number of fused-ring (bicyclic) bond motifs is 5. The van der Waals surface area contributed by atoms with E-state index in [9.17, 15) is 4.79 Å². The van der Waals surface area contributed by atoms with E-state index in [1.54, 1.807) is 5.57 Å². The summed E-state index contributed by atoms with van der Waals surface area (Å²) in [5, 5.41) is 0. The SMILES string of the molecule is O=C(OCC1c2ccccc2-c2ccccc21)N1C2C=C(C3CC3)CC1CCC2. The van der Waals surface area contributed by atoms with Crippen LogP contribution in [0.1, 0.15) is 55.6 Å². The van der Waals surface area contributed by atoms with Crippen LogP contribution < -0.4 is 0 Å². The van der Waals surface area contributed by atoms with Gasteiger partial charge in [0.2, 0.25) is 0 Å². The lowest BCUT2D eigenvalue weighted by Gasteiger charge is -2.44. The number of amides is 1. The maximum atomic E-state index is 13.2. The summed E-state index contributed by atoms with van der Waals surface area (Å²) in [7, 11) is 0. The van der Waals surface area contributed by atoms with Gasteiger partial charge in [0.1, 0.15) is 6.61 Å². The monoisotopic (exact) mass is 385 g/mol. The Bertz CT molecular complexity index is 944. The molecule has 148 valence electrons. The number of carbonyl (C=O) groups excluding carboxylic acids is 1. The van der Waals surface area contributed by atoms with Crippen LogP contribution in [0.15, 0.2) is 60.2 Å². The smallest absolute Gasteiger partial charge is 0.410 e. The van der Waals surface area contributed by atoms with Crippen LogP contribution in [0, 0.1) is 5.92 Å². The van der Waals surface area contributed by atoms with E-state index in [0.717, 1.165) is 25.2 Å². The van der Waals surface area contributed by atoms with Crippen molar-refractivity contribution >= 4 is 6.09 Å². The average molecular weight is 386 g/mol. The fourth-order valence-electron chi connectivity index (χ4n) is 5.77. The highest BCUT2D eigenvalue weighted by Gasteiger charge is 2.41. The van der Waals surface area contributed by atoms with Crippen molar-refractivity contribution in [3.05, 3.63) is 71.3 Å². The Kier molecular flexibility index (Phi) is 4.04. The molecule has 6 rings (SSSR count). The van der Waals surface area contributed by atoms with E-state index >= 15 is 0 Å². The Hall–Kier alpha value is -2.55. The molecule has 1 saturated heterocycles. The molecule has 2 unspecified atom stereocenters.